The molecule has 2 rings (SSSR count). The largest absolute Gasteiger partial charge is 0.493 e. The zero-order chi connectivity index (χ0) is 13.2. The van der Waals surface area contributed by atoms with E-state index in [1.165, 1.54) is 7.11 Å². The van der Waals surface area contributed by atoms with Crippen molar-refractivity contribution in [2.45, 2.75) is 25.7 Å². The van der Waals surface area contributed by atoms with E-state index in [4.69, 9.17) is 4.74 Å². The van der Waals surface area contributed by atoms with E-state index in [1.807, 2.05) is 18.2 Å². The van der Waals surface area contributed by atoms with Gasteiger partial charge in [0.1, 0.15) is 5.75 Å². The third-order valence-electron chi connectivity index (χ3n) is 3.19. The standard InChI is InChI=1S/C15H16O3/c1-15(2)8-9-18-13-6-4-11(10-12(13)15)5-7-14(16)17-3/h4,6,10H,8-9H2,1-3H3. The minimum Gasteiger partial charge on any atom is -0.493 e. The molecule has 0 atom stereocenters. The Morgan fingerprint density at radius 2 is 2.22 bits per heavy atom. The number of esters is 1. The van der Waals surface area contributed by atoms with Gasteiger partial charge < -0.3 is 9.47 Å². The van der Waals surface area contributed by atoms with Gasteiger partial charge in [-0.25, -0.2) is 4.79 Å². The van der Waals surface area contributed by atoms with E-state index >= 15 is 0 Å². The van der Waals surface area contributed by atoms with Crippen molar-refractivity contribution >= 4 is 5.97 Å². The maximum atomic E-state index is 11.0. The quantitative estimate of drug-likeness (QED) is 0.519. The number of hydrogen-bond donors (Lipinski definition) is 0. The maximum Gasteiger partial charge on any atom is 0.384 e. The Labute approximate surface area is 107 Å². The molecule has 1 heterocycles. The molecule has 3 heteroatoms. The number of rotatable bonds is 0. The number of hydrogen-bond acceptors (Lipinski definition) is 3. The molecule has 94 valence electrons. The summed E-state index contributed by atoms with van der Waals surface area (Å²) in [6.45, 7) is 5.12. The van der Waals surface area contributed by atoms with Crippen LogP contribution in [0.5, 0.6) is 5.75 Å². The molecule has 0 unspecified atom stereocenters. The second-order valence-electron chi connectivity index (χ2n) is 4.93. The normalized spacial score (nSPS) is 15.7. The van der Waals surface area contributed by atoms with Gasteiger partial charge in [0.05, 0.1) is 13.7 Å². The molecule has 1 aliphatic rings. The first-order chi connectivity index (χ1) is 8.53. The number of carbonyl (C=O) groups is 1. The fourth-order valence-corrected chi connectivity index (χ4v) is 1.99. The first-order valence-corrected chi connectivity index (χ1v) is 5.90. The van der Waals surface area contributed by atoms with Crippen molar-refractivity contribution in [3.63, 3.8) is 0 Å². The van der Waals surface area contributed by atoms with Crippen LogP contribution in [-0.2, 0) is 14.9 Å². The molecule has 0 amide bonds. The SMILES string of the molecule is COC(=O)C#Cc1ccc2c(c1)C(C)(C)CCO2. The molecule has 18 heavy (non-hydrogen) atoms. The predicted molar refractivity (Wildman–Crippen MR) is 68.5 cm³/mol. The average Bonchev–Trinajstić information content (AvgIpc) is 2.36. The molecular formula is C15H16O3. The monoisotopic (exact) mass is 244 g/mol. The lowest BCUT2D eigenvalue weighted by Gasteiger charge is -2.32. The van der Waals surface area contributed by atoms with Crippen LogP contribution >= 0.6 is 0 Å². The van der Waals surface area contributed by atoms with Crippen molar-refractivity contribution in [2.75, 3.05) is 13.7 Å². The first kappa shape index (κ1) is 12.5. The molecule has 0 radical (unpaired) electrons. The summed E-state index contributed by atoms with van der Waals surface area (Å²) >= 11 is 0. The second-order valence-corrected chi connectivity index (χ2v) is 4.93. The van der Waals surface area contributed by atoms with Crippen LogP contribution < -0.4 is 4.74 Å². The number of ether oxygens (including phenoxy) is 2. The summed E-state index contributed by atoms with van der Waals surface area (Å²) in [5.74, 6) is 5.62. The molecule has 0 N–H and O–H groups in total. The molecular weight excluding hydrogens is 228 g/mol. The van der Waals surface area contributed by atoms with Gasteiger partial charge in [0, 0.05) is 17.0 Å². The zero-order valence-corrected chi connectivity index (χ0v) is 10.9. The Bertz CT molecular complexity index is 532. The zero-order valence-electron chi connectivity index (χ0n) is 10.9. The lowest BCUT2D eigenvalue weighted by molar-refractivity contribution is -0.133. The van der Waals surface area contributed by atoms with Gasteiger partial charge in [0.2, 0.25) is 0 Å². The number of fused-ring (bicyclic) bond motifs is 1. The summed E-state index contributed by atoms with van der Waals surface area (Å²) in [5.41, 5.74) is 2.03. The van der Waals surface area contributed by atoms with Crippen LogP contribution in [-0.4, -0.2) is 19.7 Å². The van der Waals surface area contributed by atoms with Crippen LogP contribution in [0.1, 0.15) is 31.4 Å². The van der Waals surface area contributed by atoms with Crippen LogP contribution in [0.3, 0.4) is 0 Å². The molecule has 0 saturated heterocycles. The summed E-state index contributed by atoms with van der Waals surface area (Å²) in [4.78, 5) is 11.0. The van der Waals surface area contributed by atoms with Gasteiger partial charge >= 0.3 is 5.97 Å². The van der Waals surface area contributed by atoms with Gasteiger partial charge in [0.25, 0.3) is 0 Å². The summed E-state index contributed by atoms with van der Waals surface area (Å²) in [6.07, 6.45) is 0.980. The van der Waals surface area contributed by atoms with Crippen LogP contribution in [0.4, 0.5) is 0 Å². The lowest BCUT2D eigenvalue weighted by atomic mass is 9.79. The number of methoxy groups -OCH3 is 1. The Morgan fingerprint density at radius 1 is 1.44 bits per heavy atom. The molecule has 0 bridgehead atoms. The minimum absolute atomic E-state index is 0.0799. The Balaban J connectivity index is 2.36. The third-order valence-corrected chi connectivity index (χ3v) is 3.19. The van der Waals surface area contributed by atoms with Gasteiger partial charge in [-0.3, -0.25) is 0 Å². The van der Waals surface area contributed by atoms with Crippen molar-refractivity contribution in [3.05, 3.63) is 29.3 Å². The van der Waals surface area contributed by atoms with E-state index in [2.05, 4.69) is 30.4 Å². The molecule has 0 saturated carbocycles. The summed E-state index contributed by atoms with van der Waals surface area (Å²) in [6, 6.07) is 5.76. The summed E-state index contributed by atoms with van der Waals surface area (Å²) in [7, 11) is 1.32. The number of benzene rings is 1. The number of carbonyl (C=O) groups excluding carboxylic acids is 1. The van der Waals surface area contributed by atoms with E-state index in [1.54, 1.807) is 0 Å². The van der Waals surface area contributed by atoms with Crippen molar-refractivity contribution in [2.24, 2.45) is 0 Å². The highest BCUT2D eigenvalue weighted by Gasteiger charge is 2.28. The molecule has 1 aromatic rings. The van der Waals surface area contributed by atoms with E-state index in [9.17, 15) is 4.79 Å². The first-order valence-electron chi connectivity index (χ1n) is 5.90. The van der Waals surface area contributed by atoms with Crippen molar-refractivity contribution < 1.29 is 14.3 Å². The molecule has 0 spiro atoms. The highest BCUT2D eigenvalue weighted by molar-refractivity contribution is 5.89. The van der Waals surface area contributed by atoms with Crippen LogP contribution in [0.2, 0.25) is 0 Å². The van der Waals surface area contributed by atoms with Gasteiger partial charge in [0.15, 0.2) is 0 Å². The molecule has 1 aliphatic heterocycles. The van der Waals surface area contributed by atoms with Crippen molar-refractivity contribution in [3.8, 4) is 17.6 Å². The highest BCUT2D eigenvalue weighted by atomic mass is 16.5. The van der Waals surface area contributed by atoms with E-state index in [0.717, 1.165) is 29.9 Å². The van der Waals surface area contributed by atoms with Gasteiger partial charge in [-0.2, -0.15) is 0 Å². The molecule has 0 aromatic heterocycles. The topological polar surface area (TPSA) is 35.5 Å². The average molecular weight is 244 g/mol. The van der Waals surface area contributed by atoms with Gasteiger partial charge in [-0.05, 0) is 30.0 Å². The summed E-state index contributed by atoms with van der Waals surface area (Å²) in [5, 5.41) is 0. The fourth-order valence-electron chi connectivity index (χ4n) is 1.99. The maximum absolute atomic E-state index is 11.0. The third kappa shape index (κ3) is 2.48. The van der Waals surface area contributed by atoms with E-state index < -0.39 is 5.97 Å². The predicted octanol–water partition coefficient (Wildman–Crippen LogP) is 2.27. The second kappa shape index (κ2) is 4.73. The minimum atomic E-state index is -0.525. The summed E-state index contributed by atoms with van der Waals surface area (Å²) < 4.78 is 10.1. The lowest BCUT2D eigenvalue weighted by Crippen LogP contribution is -2.26. The van der Waals surface area contributed by atoms with Gasteiger partial charge in [-0.15, -0.1) is 0 Å². The Morgan fingerprint density at radius 3 is 2.94 bits per heavy atom. The Hall–Kier alpha value is -1.95. The van der Waals surface area contributed by atoms with Crippen LogP contribution in [0.25, 0.3) is 0 Å². The van der Waals surface area contributed by atoms with E-state index in [-0.39, 0.29) is 5.41 Å². The van der Waals surface area contributed by atoms with Crippen molar-refractivity contribution in [1.82, 2.24) is 0 Å². The van der Waals surface area contributed by atoms with Crippen molar-refractivity contribution in [1.29, 1.82) is 0 Å². The fraction of sp³-hybridized carbons (Fsp3) is 0.400. The Kier molecular flexibility index (Phi) is 3.29. The van der Waals surface area contributed by atoms with Crippen LogP contribution in [0.15, 0.2) is 18.2 Å². The van der Waals surface area contributed by atoms with E-state index in [0.29, 0.717) is 0 Å². The smallest absolute Gasteiger partial charge is 0.384 e. The highest BCUT2D eigenvalue weighted by Crippen LogP contribution is 2.38. The molecule has 1 aromatic carbocycles. The molecule has 0 aliphatic carbocycles. The molecule has 3 nitrogen and oxygen atoms in total. The van der Waals surface area contributed by atoms with Crippen LogP contribution in [0, 0.1) is 11.8 Å². The molecule has 0 fully saturated rings. The van der Waals surface area contributed by atoms with Gasteiger partial charge in [-0.1, -0.05) is 19.8 Å².